The van der Waals surface area contributed by atoms with Gasteiger partial charge in [-0.05, 0) is 71.6 Å². The molecule has 0 aromatic heterocycles. The Bertz CT molecular complexity index is 1510. The van der Waals surface area contributed by atoms with E-state index in [1.165, 1.54) is 12.2 Å². The molecule has 0 aliphatic carbocycles. The molecule has 1 aliphatic heterocycles. The lowest BCUT2D eigenvalue weighted by Crippen LogP contribution is -2.33. The molecule has 3 aromatic rings. The highest BCUT2D eigenvalue weighted by Crippen LogP contribution is 2.29. The standard InChI is InChI=1S/C33H31NO9/c1-3-23-20-28(40-17-16-34-30(36)14-15-31(34)37)12-13-29(23)24-4-6-25(7-5-24)33(39)43-27-10-8-26(9-11-27)41-18-19-42-32(38)22(2)21-35/h4-15,20,35H,2-3,16-19,21H2,1H3. The average molecular weight is 586 g/mol. The zero-order valence-electron chi connectivity index (χ0n) is 23.6. The number of hydrogen-bond donors (Lipinski definition) is 1. The molecule has 4 rings (SSSR count). The topological polar surface area (TPSA) is 129 Å². The Labute approximate surface area is 248 Å². The lowest BCUT2D eigenvalue weighted by molar-refractivity contribution is -0.140. The van der Waals surface area contributed by atoms with E-state index in [0.29, 0.717) is 22.8 Å². The zero-order valence-corrected chi connectivity index (χ0v) is 23.6. The van der Waals surface area contributed by atoms with Crippen LogP contribution < -0.4 is 14.2 Å². The maximum Gasteiger partial charge on any atom is 0.343 e. The third-order valence-electron chi connectivity index (χ3n) is 6.47. The molecule has 10 heteroatoms. The molecule has 10 nitrogen and oxygen atoms in total. The van der Waals surface area contributed by atoms with Crippen LogP contribution in [0.25, 0.3) is 11.1 Å². The molecular formula is C33H31NO9. The Hall–Kier alpha value is -5.22. The summed E-state index contributed by atoms with van der Waals surface area (Å²) in [6.45, 7) is 5.40. The molecule has 0 atom stereocenters. The van der Waals surface area contributed by atoms with Crippen molar-refractivity contribution in [2.24, 2.45) is 0 Å². The van der Waals surface area contributed by atoms with Crippen molar-refractivity contribution in [2.75, 3.05) is 33.0 Å². The number of aliphatic hydroxyl groups is 1. The number of hydrogen-bond acceptors (Lipinski definition) is 9. The number of esters is 2. The molecule has 0 saturated carbocycles. The van der Waals surface area contributed by atoms with Crippen molar-refractivity contribution in [3.8, 4) is 28.4 Å². The van der Waals surface area contributed by atoms with Crippen molar-refractivity contribution < 1.29 is 43.2 Å². The largest absolute Gasteiger partial charge is 0.492 e. The quantitative estimate of drug-likeness (QED) is 0.0984. The number of ether oxygens (including phenoxy) is 4. The van der Waals surface area contributed by atoms with E-state index < -0.39 is 18.5 Å². The van der Waals surface area contributed by atoms with Crippen LogP contribution in [0.5, 0.6) is 17.2 Å². The van der Waals surface area contributed by atoms with Crippen LogP contribution in [0.1, 0.15) is 22.8 Å². The van der Waals surface area contributed by atoms with Crippen LogP contribution in [-0.4, -0.2) is 66.7 Å². The molecule has 0 spiro atoms. The Balaban J connectivity index is 1.28. The molecule has 0 fully saturated rings. The molecule has 0 saturated heterocycles. The number of benzene rings is 3. The summed E-state index contributed by atoms with van der Waals surface area (Å²) in [5.41, 5.74) is 3.31. The predicted octanol–water partition coefficient (Wildman–Crippen LogP) is 3.91. The summed E-state index contributed by atoms with van der Waals surface area (Å²) in [5.74, 6) is -0.399. The Morgan fingerprint density at radius 2 is 1.44 bits per heavy atom. The van der Waals surface area contributed by atoms with Gasteiger partial charge in [-0.1, -0.05) is 31.7 Å². The van der Waals surface area contributed by atoms with E-state index in [4.69, 9.17) is 24.1 Å². The van der Waals surface area contributed by atoms with Crippen LogP contribution >= 0.6 is 0 Å². The first-order valence-corrected chi connectivity index (χ1v) is 13.6. The molecule has 3 aromatic carbocycles. The molecular weight excluding hydrogens is 554 g/mol. The van der Waals surface area contributed by atoms with Crippen LogP contribution in [0.3, 0.4) is 0 Å². The van der Waals surface area contributed by atoms with Gasteiger partial charge in [0.25, 0.3) is 11.8 Å². The highest BCUT2D eigenvalue weighted by Gasteiger charge is 2.22. The molecule has 1 aliphatic rings. The second kappa shape index (κ2) is 14.6. The molecule has 1 N–H and O–H groups in total. The second-order valence-electron chi connectivity index (χ2n) is 9.37. The summed E-state index contributed by atoms with van der Waals surface area (Å²) in [7, 11) is 0. The van der Waals surface area contributed by atoms with Crippen LogP contribution in [-0.2, 0) is 25.5 Å². The van der Waals surface area contributed by atoms with Crippen molar-refractivity contribution in [3.63, 3.8) is 0 Å². The lowest BCUT2D eigenvalue weighted by Gasteiger charge is -2.16. The normalized spacial score (nSPS) is 12.3. The van der Waals surface area contributed by atoms with E-state index in [1.54, 1.807) is 36.4 Å². The smallest absolute Gasteiger partial charge is 0.343 e. The monoisotopic (exact) mass is 585 g/mol. The Morgan fingerprint density at radius 3 is 2.09 bits per heavy atom. The minimum atomic E-state index is -0.683. The fourth-order valence-electron chi connectivity index (χ4n) is 4.16. The molecule has 1 heterocycles. The molecule has 0 bridgehead atoms. The average Bonchev–Trinajstić information content (AvgIpc) is 3.35. The fourth-order valence-corrected chi connectivity index (χ4v) is 4.16. The van der Waals surface area contributed by atoms with Gasteiger partial charge in [0.2, 0.25) is 0 Å². The number of nitrogens with zero attached hydrogens (tertiary/aromatic N) is 1. The van der Waals surface area contributed by atoms with Gasteiger partial charge in [-0.25, -0.2) is 9.59 Å². The van der Waals surface area contributed by atoms with Gasteiger partial charge >= 0.3 is 11.9 Å². The third-order valence-corrected chi connectivity index (χ3v) is 6.47. The summed E-state index contributed by atoms with van der Waals surface area (Å²) in [6, 6.07) is 19.2. The van der Waals surface area contributed by atoms with Gasteiger partial charge in [-0.3, -0.25) is 14.5 Å². The van der Waals surface area contributed by atoms with E-state index in [1.807, 2.05) is 37.3 Å². The van der Waals surface area contributed by atoms with Gasteiger partial charge in [-0.15, -0.1) is 0 Å². The van der Waals surface area contributed by atoms with Gasteiger partial charge in [0.05, 0.1) is 24.3 Å². The first-order valence-electron chi connectivity index (χ1n) is 13.6. The number of aliphatic hydroxyl groups excluding tert-OH is 1. The summed E-state index contributed by atoms with van der Waals surface area (Å²) in [4.78, 5) is 48.7. The number of rotatable bonds is 14. The second-order valence-corrected chi connectivity index (χ2v) is 9.37. The van der Waals surface area contributed by atoms with Gasteiger partial charge in [-0.2, -0.15) is 0 Å². The van der Waals surface area contributed by atoms with E-state index >= 15 is 0 Å². The summed E-state index contributed by atoms with van der Waals surface area (Å²) >= 11 is 0. The Kier molecular flexibility index (Phi) is 10.4. The predicted molar refractivity (Wildman–Crippen MR) is 157 cm³/mol. The van der Waals surface area contributed by atoms with Gasteiger partial charge in [0.1, 0.15) is 37.1 Å². The minimum absolute atomic E-state index is 0.00838. The minimum Gasteiger partial charge on any atom is -0.492 e. The third kappa shape index (κ3) is 8.17. The lowest BCUT2D eigenvalue weighted by atomic mass is 9.97. The number of imide groups is 1. The van der Waals surface area contributed by atoms with Crippen LogP contribution in [0.2, 0.25) is 0 Å². The molecule has 2 amide bonds. The molecule has 0 radical (unpaired) electrons. The van der Waals surface area contributed by atoms with E-state index in [2.05, 4.69) is 6.58 Å². The first-order chi connectivity index (χ1) is 20.8. The first kappa shape index (κ1) is 30.7. The molecule has 43 heavy (non-hydrogen) atoms. The highest BCUT2D eigenvalue weighted by atomic mass is 16.6. The van der Waals surface area contributed by atoms with Crippen molar-refractivity contribution in [1.29, 1.82) is 0 Å². The van der Waals surface area contributed by atoms with Gasteiger partial charge in [0.15, 0.2) is 0 Å². The Morgan fingerprint density at radius 1 is 0.814 bits per heavy atom. The summed E-state index contributed by atoms with van der Waals surface area (Å²) < 4.78 is 21.7. The van der Waals surface area contributed by atoms with E-state index in [0.717, 1.165) is 28.0 Å². The zero-order chi connectivity index (χ0) is 30.8. The number of carbonyl (C=O) groups excluding carboxylic acids is 4. The summed E-state index contributed by atoms with van der Waals surface area (Å²) in [6.07, 6.45) is 3.24. The number of carbonyl (C=O) groups is 4. The van der Waals surface area contributed by atoms with E-state index in [9.17, 15) is 19.2 Å². The molecule has 222 valence electrons. The number of amides is 2. The molecule has 0 unspecified atom stereocenters. The van der Waals surface area contributed by atoms with Crippen molar-refractivity contribution in [1.82, 2.24) is 4.90 Å². The van der Waals surface area contributed by atoms with Crippen molar-refractivity contribution >= 4 is 23.8 Å². The SMILES string of the molecule is C=C(CO)C(=O)OCCOc1ccc(OC(=O)c2ccc(-c3ccc(OCCN4C(=O)C=CC4=O)cc3CC)cc2)cc1. The van der Waals surface area contributed by atoms with Crippen molar-refractivity contribution in [2.45, 2.75) is 13.3 Å². The van der Waals surface area contributed by atoms with Gasteiger partial charge in [0, 0.05) is 12.2 Å². The fraction of sp³-hybridized carbons (Fsp3) is 0.212. The van der Waals surface area contributed by atoms with E-state index in [-0.39, 0.29) is 43.8 Å². The van der Waals surface area contributed by atoms with Crippen LogP contribution in [0, 0.1) is 0 Å². The van der Waals surface area contributed by atoms with Crippen LogP contribution in [0.4, 0.5) is 0 Å². The van der Waals surface area contributed by atoms with Gasteiger partial charge < -0.3 is 24.1 Å². The van der Waals surface area contributed by atoms with Crippen molar-refractivity contribution in [3.05, 3.63) is 102 Å². The van der Waals surface area contributed by atoms with Crippen LogP contribution in [0.15, 0.2) is 91.0 Å². The maximum atomic E-state index is 12.7. The summed E-state index contributed by atoms with van der Waals surface area (Å²) in [5, 5.41) is 8.86. The number of aryl methyl sites for hydroxylation is 1. The highest BCUT2D eigenvalue weighted by molar-refractivity contribution is 6.12. The maximum absolute atomic E-state index is 12.7.